The summed E-state index contributed by atoms with van der Waals surface area (Å²) in [6.07, 6.45) is 0.870. The molecule has 0 saturated carbocycles. The SMILES string of the molecule is CC(=O)c1ccc(-c2sc3ccccc3[n+]2C)cc1.C[n+]1c(-c2ccc(C=O)cc2)sc2ccccc21. The molecule has 0 aliphatic rings. The number of aromatic nitrogens is 2. The van der Waals surface area contributed by atoms with Crippen molar-refractivity contribution in [2.45, 2.75) is 6.92 Å². The molecule has 0 radical (unpaired) electrons. The first kappa shape index (κ1) is 24.7. The molecule has 0 saturated heterocycles. The predicted molar refractivity (Wildman–Crippen MR) is 152 cm³/mol. The number of nitrogens with zero attached hydrogens (tertiary/aromatic N) is 2. The fourth-order valence-electron chi connectivity index (χ4n) is 4.26. The lowest BCUT2D eigenvalue weighted by Gasteiger charge is -1.97. The maximum Gasteiger partial charge on any atom is 0.269 e. The normalized spacial score (nSPS) is 10.8. The fourth-order valence-corrected chi connectivity index (χ4v) is 6.57. The largest absolute Gasteiger partial charge is 0.298 e. The summed E-state index contributed by atoms with van der Waals surface area (Å²) in [5.41, 5.74) is 6.23. The van der Waals surface area contributed by atoms with Crippen molar-refractivity contribution in [3.8, 4) is 21.1 Å². The van der Waals surface area contributed by atoms with Crippen LogP contribution >= 0.6 is 22.7 Å². The standard InChI is InChI=1S/C16H14NOS.C15H12NOS/c1-11(18)12-7-9-13(10-8-12)16-17(2)14-5-3-4-6-15(14)19-16;1-16-13-4-2-3-5-14(13)18-15(16)12-8-6-11(10-17)7-9-12/h3-10H,1-2H3;2-10H,1H3/q2*+1. The minimum Gasteiger partial charge on any atom is -0.298 e. The van der Waals surface area contributed by atoms with Gasteiger partial charge in [0.05, 0.1) is 11.1 Å². The Morgan fingerprint density at radius 2 is 1.08 bits per heavy atom. The van der Waals surface area contributed by atoms with E-state index >= 15 is 0 Å². The number of aryl methyl sites for hydroxylation is 2. The van der Waals surface area contributed by atoms with Crippen molar-refractivity contribution in [2.24, 2.45) is 14.1 Å². The Labute approximate surface area is 223 Å². The van der Waals surface area contributed by atoms with Crippen molar-refractivity contribution in [2.75, 3.05) is 0 Å². The van der Waals surface area contributed by atoms with Crippen LogP contribution < -0.4 is 9.13 Å². The van der Waals surface area contributed by atoms with E-state index in [0.717, 1.165) is 23.0 Å². The lowest BCUT2D eigenvalue weighted by molar-refractivity contribution is -0.629. The molecular weight excluding hydrogens is 496 g/mol. The smallest absolute Gasteiger partial charge is 0.269 e. The van der Waals surface area contributed by atoms with Crippen LogP contribution in [0.2, 0.25) is 0 Å². The lowest BCUT2D eigenvalue weighted by Crippen LogP contribution is -2.28. The van der Waals surface area contributed by atoms with Gasteiger partial charge in [-0.3, -0.25) is 9.59 Å². The third-order valence-electron chi connectivity index (χ3n) is 6.31. The van der Waals surface area contributed by atoms with Gasteiger partial charge in [0.1, 0.15) is 29.8 Å². The molecule has 0 fully saturated rings. The highest BCUT2D eigenvalue weighted by molar-refractivity contribution is 7.21. The number of aldehydes is 1. The molecule has 0 N–H and O–H groups in total. The highest BCUT2D eigenvalue weighted by atomic mass is 32.1. The van der Waals surface area contributed by atoms with Gasteiger partial charge in [-0.25, -0.2) is 0 Å². The van der Waals surface area contributed by atoms with E-state index < -0.39 is 0 Å². The molecule has 37 heavy (non-hydrogen) atoms. The Bertz CT molecular complexity index is 1730. The number of rotatable bonds is 4. The first-order chi connectivity index (χ1) is 18.0. The molecule has 4 aromatic carbocycles. The van der Waals surface area contributed by atoms with Crippen LogP contribution in [0.4, 0.5) is 0 Å². The number of Topliss-reactive ketones (excluding diaryl/α,β-unsaturated/α-hetero) is 1. The summed E-state index contributed by atoms with van der Waals surface area (Å²) in [7, 11) is 4.15. The molecule has 2 aromatic heterocycles. The van der Waals surface area contributed by atoms with Gasteiger partial charge in [-0.05, 0) is 43.3 Å². The van der Waals surface area contributed by atoms with Gasteiger partial charge < -0.3 is 0 Å². The quantitative estimate of drug-likeness (QED) is 0.145. The van der Waals surface area contributed by atoms with Crippen molar-refractivity contribution in [1.82, 2.24) is 0 Å². The Balaban J connectivity index is 0.000000152. The van der Waals surface area contributed by atoms with Crippen molar-refractivity contribution in [1.29, 1.82) is 0 Å². The highest BCUT2D eigenvalue weighted by Crippen LogP contribution is 2.29. The first-order valence-corrected chi connectivity index (χ1v) is 13.5. The fraction of sp³-hybridized carbons (Fsp3) is 0.0968. The van der Waals surface area contributed by atoms with E-state index in [1.165, 1.54) is 30.4 Å². The average molecular weight is 523 g/mol. The van der Waals surface area contributed by atoms with Gasteiger partial charge in [0.15, 0.2) is 5.78 Å². The first-order valence-electron chi connectivity index (χ1n) is 11.9. The van der Waals surface area contributed by atoms with Crippen LogP contribution in [0.1, 0.15) is 27.6 Å². The lowest BCUT2D eigenvalue weighted by atomic mass is 10.1. The molecule has 0 bridgehead atoms. The van der Waals surface area contributed by atoms with Gasteiger partial charge in [0, 0.05) is 23.3 Å². The zero-order chi connectivity index (χ0) is 25.9. The maximum absolute atomic E-state index is 11.3. The third-order valence-corrected chi connectivity index (χ3v) is 8.84. The summed E-state index contributed by atoms with van der Waals surface area (Å²) in [5, 5.41) is 2.41. The second-order valence-corrected chi connectivity index (χ2v) is 10.8. The molecule has 0 amide bonds. The van der Waals surface area contributed by atoms with Gasteiger partial charge in [-0.1, -0.05) is 71.2 Å². The third kappa shape index (κ3) is 4.99. The van der Waals surface area contributed by atoms with Gasteiger partial charge >= 0.3 is 0 Å². The van der Waals surface area contributed by atoms with Crippen molar-refractivity contribution in [3.63, 3.8) is 0 Å². The van der Waals surface area contributed by atoms with Gasteiger partial charge in [-0.15, -0.1) is 0 Å². The minimum atomic E-state index is 0.104. The molecule has 0 aliphatic heterocycles. The predicted octanol–water partition coefficient (Wildman–Crippen LogP) is 6.80. The maximum atomic E-state index is 11.3. The number of thiazole rings is 2. The zero-order valence-electron chi connectivity index (χ0n) is 20.8. The number of hydrogen-bond donors (Lipinski definition) is 0. The van der Waals surface area contributed by atoms with Crippen molar-refractivity contribution < 1.29 is 18.7 Å². The van der Waals surface area contributed by atoms with E-state index in [1.807, 2.05) is 54.6 Å². The molecule has 0 aliphatic carbocycles. The molecule has 0 atom stereocenters. The number of para-hydroxylation sites is 2. The van der Waals surface area contributed by atoms with E-state index in [-0.39, 0.29) is 5.78 Å². The number of benzene rings is 4. The Kier molecular flexibility index (Phi) is 7.04. The van der Waals surface area contributed by atoms with Gasteiger partial charge in [-0.2, -0.15) is 9.13 Å². The topological polar surface area (TPSA) is 41.9 Å². The minimum absolute atomic E-state index is 0.104. The second-order valence-electron chi connectivity index (χ2n) is 8.74. The van der Waals surface area contributed by atoms with Crippen LogP contribution in [0, 0.1) is 0 Å². The van der Waals surface area contributed by atoms with E-state index in [9.17, 15) is 9.59 Å². The van der Waals surface area contributed by atoms with Gasteiger partial charge in [0.25, 0.3) is 10.0 Å². The van der Waals surface area contributed by atoms with E-state index in [2.05, 4.69) is 65.7 Å². The van der Waals surface area contributed by atoms with Crippen LogP contribution in [-0.4, -0.2) is 12.1 Å². The Hall–Kier alpha value is -4.00. The molecule has 182 valence electrons. The van der Waals surface area contributed by atoms with Crippen LogP contribution in [0.25, 0.3) is 41.6 Å². The van der Waals surface area contributed by atoms with Crippen LogP contribution in [0.3, 0.4) is 0 Å². The molecule has 0 unspecified atom stereocenters. The Morgan fingerprint density at radius 3 is 1.49 bits per heavy atom. The number of fused-ring (bicyclic) bond motifs is 2. The molecule has 2 heterocycles. The van der Waals surface area contributed by atoms with E-state index in [1.54, 1.807) is 29.6 Å². The summed E-state index contributed by atoms with van der Waals surface area (Å²) in [6, 6.07) is 32.2. The highest BCUT2D eigenvalue weighted by Gasteiger charge is 2.19. The second kappa shape index (κ2) is 10.5. The zero-order valence-corrected chi connectivity index (χ0v) is 22.5. The number of carbonyl (C=O) groups excluding carboxylic acids is 2. The summed E-state index contributed by atoms with van der Waals surface area (Å²) < 4.78 is 6.93. The molecule has 6 rings (SSSR count). The van der Waals surface area contributed by atoms with E-state index in [4.69, 9.17) is 0 Å². The molecule has 4 nitrogen and oxygen atoms in total. The average Bonchev–Trinajstić information content (AvgIpc) is 3.46. The van der Waals surface area contributed by atoms with E-state index in [0.29, 0.717) is 5.56 Å². The summed E-state index contributed by atoms with van der Waals surface area (Å²) in [5.74, 6) is 0.104. The molecule has 0 spiro atoms. The van der Waals surface area contributed by atoms with Crippen LogP contribution in [0.15, 0.2) is 97.1 Å². The number of hydrogen-bond acceptors (Lipinski definition) is 4. The summed E-state index contributed by atoms with van der Waals surface area (Å²) in [6.45, 7) is 1.59. The van der Waals surface area contributed by atoms with Crippen molar-refractivity contribution >= 4 is 55.2 Å². The molecule has 6 aromatic rings. The van der Waals surface area contributed by atoms with Crippen LogP contribution in [-0.2, 0) is 14.1 Å². The summed E-state index contributed by atoms with van der Waals surface area (Å²) >= 11 is 3.53. The van der Waals surface area contributed by atoms with Gasteiger partial charge in [0.2, 0.25) is 11.0 Å². The molecule has 6 heteroatoms. The number of ketones is 1. The van der Waals surface area contributed by atoms with Crippen molar-refractivity contribution in [3.05, 3.63) is 108 Å². The Morgan fingerprint density at radius 1 is 0.649 bits per heavy atom. The molecular formula is C31H26N2O2S2+2. The summed E-state index contributed by atoms with van der Waals surface area (Å²) in [4.78, 5) is 22.0. The monoisotopic (exact) mass is 522 g/mol. The van der Waals surface area contributed by atoms with Crippen LogP contribution in [0.5, 0.6) is 0 Å². The number of carbonyl (C=O) groups is 2.